The molecule has 1 fully saturated rings. The molecule has 0 unspecified atom stereocenters. The molecule has 1 aromatic heterocycles. The van der Waals surface area contributed by atoms with E-state index >= 15 is 0 Å². The van der Waals surface area contributed by atoms with Gasteiger partial charge in [-0.25, -0.2) is 9.78 Å². The van der Waals surface area contributed by atoms with Gasteiger partial charge in [-0.05, 0) is 6.92 Å². The molecule has 0 radical (unpaired) electrons. The molecule has 94 valence electrons. The molecule has 1 aliphatic rings. The second kappa shape index (κ2) is 5.33. The number of carbonyl (C=O) groups is 1. The maximum absolute atomic E-state index is 11.6. The number of thiazole rings is 1. The maximum atomic E-state index is 11.6. The van der Waals surface area contributed by atoms with E-state index in [9.17, 15) is 4.79 Å². The number of aromatic nitrogens is 1. The summed E-state index contributed by atoms with van der Waals surface area (Å²) < 4.78 is 10.2. The Bertz CT molecular complexity index is 402. The summed E-state index contributed by atoms with van der Waals surface area (Å²) in [4.78, 5) is 18.2. The summed E-state index contributed by atoms with van der Waals surface area (Å²) in [6.45, 7) is 4.99. The van der Waals surface area contributed by atoms with Gasteiger partial charge in [-0.2, -0.15) is 0 Å². The van der Waals surface area contributed by atoms with Gasteiger partial charge in [0.15, 0.2) is 15.8 Å². The number of hydrogen-bond donors (Lipinski definition) is 1. The van der Waals surface area contributed by atoms with Crippen LogP contribution in [0.15, 0.2) is 0 Å². The van der Waals surface area contributed by atoms with E-state index in [1.807, 2.05) is 0 Å². The molecule has 2 N–H and O–H groups in total. The van der Waals surface area contributed by atoms with E-state index in [-0.39, 0.29) is 5.82 Å². The lowest BCUT2D eigenvalue weighted by molar-refractivity contribution is 0.0533. The van der Waals surface area contributed by atoms with Gasteiger partial charge >= 0.3 is 5.97 Å². The van der Waals surface area contributed by atoms with E-state index < -0.39 is 5.97 Å². The van der Waals surface area contributed by atoms with Crippen molar-refractivity contribution in [2.24, 2.45) is 0 Å². The number of rotatable bonds is 3. The minimum absolute atomic E-state index is 0.245. The summed E-state index contributed by atoms with van der Waals surface area (Å²) in [6, 6.07) is 0. The van der Waals surface area contributed by atoms with Gasteiger partial charge in [-0.1, -0.05) is 11.3 Å². The average Bonchev–Trinajstić information content (AvgIpc) is 2.73. The molecule has 0 aromatic carbocycles. The third kappa shape index (κ3) is 2.67. The number of esters is 1. The average molecular weight is 257 g/mol. The lowest BCUT2D eigenvalue weighted by atomic mass is 10.4. The van der Waals surface area contributed by atoms with Crippen LogP contribution in [0, 0.1) is 0 Å². The molecule has 2 rings (SSSR count). The summed E-state index contributed by atoms with van der Waals surface area (Å²) in [5.74, 6) is -0.156. The standard InChI is InChI=1S/C10H15N3O3S/c1-2-16-9(14)7-8(11)12-10(17-7)13-3-5-15-6-4-13/h2-6,11H2,1H3. The molecule has 6 nitrogen and oxygen atoms in total. The van der Waals surface area contributed by atoms with E-state index in [2.05, 4.69) is 9.88 Å². The van der Waals surface area contributed by atoms with Gasteiger partial charge in [0.1, 0.15) is 0 Å². The second-order valence-corrected chi connectivity index (χ2v) is 4.51. The molecule has 0 amide bonds. The predicted octanol–water partition coefficient (Wildman–Crippen LogP) is 0.739. The Kier molecular flexibility index (Phi) is 3.80. The van der Waals surface area contributed by atoms with Crippen LogP contribution in [0.4, 0.5) is 10.9 Å². The zero-order valence-corrected chi connectivity index (χ0v) is 10.5. The van der Waals surface area contributed by atoms with Crippen LogP contribution >= 0.6 is 11.3 Å². The predicted molar refractivity (Wildman–Crippen MR) is 65.5 cm³/mol. The summed E-state index contributed by atoms with van der Waals surface area (Å²) >= 11 is 1.27. The van der Waals surface area contributed by atoms with Crippen LogP contribution < -0.4 is 10.6 Å². The molecule has 1 saturated heterocycles. The monoisotopic (exact) mass is 257 g/mol. The summed E-state index contributed by atoms with van der Waals surface area (Å²) in [5.41, 5.74) is 5.72. The zero-order chi connectivity index (χ0) is 12.3. The Morgan fingerprint density at radius 1 is 1.59 bits per heavy atom. The van der Waals surface area contributed by atoms with E-state index in [0.29, 0.717) is 24.7 Å². The highest BCUT2D eigenvalue weighted by atomic mass is 32.1. The number of nitrogens with two attached hydrogens (primary N) is 1. The van der Waals surface area contributed by atoms with Crippen LogP contribution in [0.2, 0.25) is 0 Å². The fourth-order valence-corrected chi connectivity index (χ4v) is 2.48. The molecule has 0 atom stereocenters. The normalized spacial score (nSPS) is 15.9. The Balaban J connectivity index is 2.14. The van der Waals surface area contributed by atoms with E-state index in [1.165, 1.54) is 11.3 Å². The van der Waals surface area contributed by atoms with Crippen molar-refractivity contribution in [2.45, 2.75) is 6.92 Å². The molecule has 2 heterocycles. The highest BCUT2D eigenvalue weighted by Gasteiger charge is 2.21. The Hall–Kier alpha value is -1.34. The number of hydrogen-bond acceptors (Lipinski definition) is 7. The van der Waals surface area contributed by atoms with E-state index in [0.717, 1.165) is 18.2 Å². The third-order valence-electron chi connectivity index (χ3n) is 2.38. The minimum Gasteiger partial charge on any atom is -0.462 e. The topological polar surface area (TPSA) is 77.7 Å². The summed E-state index contributed by atoms with van der Waals surface area (Å²) in [6.07, 6.45) is 0. The van der Waals surface area contributed by atoms with Crippen molar-refractivity contribution in [3.8, 4) is 0 Å². The second-order valence-electron chi connectivity index (χ2n) is 3.53. The van der Waals surface area contributed by atoms with Crippen molar-refractivity contribution in [3.63, 3.8) is 0 Å². The number of anilines is 2. The van der Waals surface area contributed by atoms with E-state index in [1.54, 1.807) is 6.92 Å². The minimum atomic E-state index is -0.401. The van der Waals surface area contributed by atoms with Crippen molar-refractivity contribution in [1.82, 2.24) is 4.98 Å². The first-order valence-corrected chi connectivity index (χ1v) is 6.30. The molecular formula is C10H15N3O3S. The number of nitrogens with zero attached hydrogens (tertiary/aromatic N) is 2. The molecule has 0 spiro atoms. The summed E-state index contributed by atoms with van der Waals surface area (Å²) in [7, 11) is 0. The van der Waals surface area contributed by atoms with Crippen molar-refractivity contribution < 1.29 is 14.3 Å². The number of morpholine rings is 1. The van der Waals surface area contributed by atoms with Crippen LogP contribution in [-0.4, -0.2) is 43.9 Å². The van der Waals surface area contributed by atoms with Crippen molar-refractivity contribution >= 4 is 28.3 Å². The van der Waals surface area contributed by atoms with Gasteiger partial charge in [-0.15, -0.1) is 0 Å². The summed E-state index contributed by atoms with van der Waals surface area (Å²) in [5, 5.41) is 0.758. The highest BCUT2D eigenvalue weighted by Crippen LogP contribution is 2.29. The van der Waals surface area contributed by atoms with Gasteiger partial charge in [0, 0.05) is 13.1 Å². The van der Waals surface area contributed by atoms with Gasteiger partial charge in [-0.3, -0.25) is 0 Å². The van der Waals surface area contributed by atoms with Gasteiger partial charge in [0.2, 0.25) is 0 Å². The first kappa shape index (κ1) is 12.1. The fraction of sp³-hybridized carbons (Fsp3) is 0.600. The quantitative estimate of drug-likeness (QED) is 0.805. The lowest BCUT2D eigenvalue weighted by Gasteiger charge is -2.25. The maximum Gasteiger partial charge on any atom is 0.352 e. The first-order valence-electron chi connectivity index (χ1n) is 5.48. The lowest BCUT2D eigenvalue weighted by Crippen LogP contribution is -2.36. The van der Waals surface area contributed by atoms with Crippen molar-refractivity contribution in [1.29, 1.82) is 0 Å². The van der Waals surface area contributed by atoms with Crippen LogP contribution in [0.5, 0.6) is 0 Å². The van der Waals surface area contributed by atoms with Crippen molar-refractivity contribution in [2.75, 3.05) is 43.5 Å². The molecule has 0 saturated carbocycles. The Morgan fingerprint density at radius 3 is 2.94 bits per heavy atom. The molecule has 7 heteroatoms. The number of carbonyl (C=O) groups excluding carboxylic acids is 1. The third-order valence-corrected chi connectivity index (χ3v) is 3.50. The van der Waals surface area contributed by atoms with Gasteiger partial charge in [0.25, 0.3) is 0 Å². The van der Waals surface area contributed by atoms with Crippen LogP contribution in [-0.2, 0) is 9.47 Å². The number of nitrogen functional groups attached to an aromatic ring is 1. The Morgan fingerprint density at radius 2 is 2.29 bits per heavy atom. The van der Waals surface area contributed by atoms with Crippen LogP contribution in [0.3, 0.4) is 0 Å². The number of ether oxygens (including phenoxy) is 2. The first-order chi connectivity index (χ1) is 8.22. The molecular weight excluding hydrogens is 242 g/mol. The zero-order valence-electron chi connectivity index (χ0n) is 9.64. The van der Waals surface area contributed by atoms with Gasteiger partial charge in [0.05, 0.1) is 19.8 Å². The van der Waals surface area contributed by atoms with Crippen LogP contribution in [0.1, 0.15) is 16.6 Å². The van der Waals surface area contributed by atoms with Crippen molar-refractivity contribution in [3.05, 3.63) is 4.88 Å². The SMILES string of the molecule is CCOC(=O)c1sc(N2CCOCC2)nc1N. The smallest absolute Gasteiger partial charge is 0.352 e. The van der Waals surface area contributed by atoms with E-state index in [4.69, 9.17) is 15.2 Å². The van der Waals surface area contributed by atoms with Gasteiger partial charge < -0.3 is 20.1 Å². The molecule has 0 aliphatic carbocycles. The Labute approximate surface area is 103 Å². The molecule has 17 heavy (non-hydrogen) atoms. The molecule has 1 aliphatic heterocycles. The molecule has 0 bridgehead atoms. The largest absolute Gasteiger partial charge is 0.462 e. The molecule has 1 aromatic rings. The van der Waals surface area contributed by atoms with Crippen LogP contribution in [0.25, 0.3) is 0 Å². The fourth-order valence-electron chi connectivity index (χ4n) is 1.55. The highest BCUT2D eigenvalue weighted by molar-refractivity contribution is 7.18.